The lowest BCUT2D eigenvalue weighted by atomic mass is 9.99. The molecule has 14 heteroatoms. The van der Waals surface area contributed by atoms with Crippen LogP contribution in [0.3, 0.4) is 0 Å². The van der Waals surface area contributed by atoms with Crippen molar-refractivity contribution in [2.75, 3.05) is 13.7 Å². The number of nitrogens with zero attached hydrogens (tertiary/aromatic N) is 1. The molecule has 1 saturated heterocycles. The summed E-state index contributed by atoms with van der Waals surface area (Å²) in [6.45, 7) is -0.854. The number of carbonyl (C=O) groups excluding carboxylic acids is 2. The first-order valence-electron chi connectivity index (χ1n) is 12.8. The molecule has 230 valence electrons. The Labute approximate surface area is 240 Å². The van der Waals surface area contributed by atoms with Gasteiger partial charge in [-0.1, -0.05) is 30.3 Å². The van der Waals surface area contributed by atoms with Gasteiger partial charge in [-0.15, -0.1) is 0 Å². The Morgan fingerprint density at radius 1 is 0.953 bits per heavy atom. The topological polar surface area (TPSA) is 88.1 Å². The standard InChI is InChI=1S/C29H25F7N2O5/c1-42-21-8-6-16(7-9-21)10-23-25(43-27(41)37-14-17-4-2-3-5-22(17)30)24(39)15-38(23)26(40)18-11-19(28(31,32)33)13-20(12-18)29(34,35)36/h2-9,11-13,23-25,39H,10,14-15H2,1H3,(H,37,41)/t23-,24+,25+/m1/s1. The van der Waals surface area contributed by atoms with Crippen LogP contribution in [0.4, 0.5) is 35.5 Å². The van der Waals surface area contributed by atoms with E-state index in [9.17, 15) is 45.4 Å². The molecule has 0 unspecified atom stereocenters. The maximum atomic E-state index is 13.9. The fraction of sp³-hybridized carbons (Fsp3) is 0.310. The first-order valence-corrected chi connectivity index (χ1v) is 12.8. The molecule has 1 fully saturated rings. The van der Waals surface area contributed by atoms with Crippen molar-refractivity contribution >= 4 is 12.0 Å². The number of ether oxygens (including phenoxy) is 2. The van der Waals surface area contributed by atoms with E-state index in [1.165, 1.54) is 25.3 Å². The van der Waals surface area contributed by atoms with Gasteiger partial charge in [0.2, 0.25) is 0 Å². The average molecular weight is 615 g/mol. The molecule has 2 amide bonds. The van der Waals surface area contributed by atoms with E-state index in [0.717, 1.165) is 4.90 Å². The minimum Gasteiger partial charge on any atom is -0.497 e. The summed E-state index contributed by atoms with van der Waals surface area (Å²) in [5, 5.41) is 13.1. The fourth-order valence-electron chi connectivity index (χ4n) is 4.71. The number of nitrogens with one attached hydrogen (secondary N) is 1. The van der Waals surface area contributed by atoms with Gasteiger partial charge in [0.05, 0.1) is 30.8 Å². The number of benzene rings is 3. The number of rotatable bonds is 7. The molecule has 0 aromatic heterocycles. The molecule has 0 radical (unpaired) electrons. The maximum absolute atomic E-state index is 13.9. The molecule has 0 spiro atoms. The van der Waals surface area contributed by atoms with E-state index in [1.54, 1.807) is 30.3 Å². The van der Waals surface area contributed by atoms with Crippen LogP contribution in [0.15, 0.2) is 66.7 Å². The highest BCUT2D eigenvalue weighted by atomic mass is 19.4. The van der Waals surface area contributed by atoms with Gasteiger partial charge in [0, 0.05) is 17.7 Å². The second-order valence-corrected chi connectivity index (χ2v) is 9.75. The summed E-state index contributed by atoms with van der Waals surface area (Å²) >= 11 is 0. The van der Waals surface area contributed by atoms with Crippen molar-refractivity contribution in [3.05, 3.63) is 100 Å². The van der Waals surface area contributed by atoms with E-state index in [1.807, 2.05) is 0 Å². The van der Waals surface area contributed by atoms with Crippen LogP contribution in [0.1, 0.15) is 32.6 Å². The summed E-state index contributed by atoms with van der Waals surface area (Å²) in [6, 6.07) is 11.2. The smallest absolute Gasteiger partial charge is 0.416 e. The zero-order chi connectivity index (χ0) is 31.5. The van der Waals surface area contributed by atoms with Gasteiger partial charge >= 0.3 is 18.4 Å². The molecule has 3 aromatic rings. The Hall–Kier alpha value is -4.33. The molecule has 2 N–H and O–H groups in total. The minimum absolute atomic E-state index is 0.101. The van der Waals surface area contributed by atoms with Crippen molar-refractivity contribution in [1.82, 2.24) is 10.2 Å². The van der Waals surface area contributed by atoms with Crippen LogP contribution in [0, 0.1) is 5.82 Å². The van der Waals surface area contributed by atoms with Gasteiger partial charge in [-0.25, -0.2) is 9.18 Å². The molecule has 3 aromatic carbocycles. The number of alkyl carbamates (subject to hydrolysis) is 1. The summed E-state index contributed by atoms with van der Waals surface area (Å²) in [5.74, 6) is -1.36. The second kappa shape index (κ2) is 12.5. The maximum Gasteiger partial charge on any atom is 0.416 e. The molecule has 0 saturated carbocycles. The summed E-state index contributed by atoms with van der Waals surface area (Å²) in [5.41, 5.74) is -3.63. The number of amides is 2. The first-order chi connectivity index (χ1) is 20.2. The van der Waals surface area contributed by atoms with E-state index < -0.39 is 71.7 Å². The number of hydrogen-bond acceptors (Lipinski definition) is 5. The monoisotopic (exact) mass is 614 g/mol. The Morgan fingerprint density at radius 3 is 2.12 bits per heavy atom. The predicted molar refractivity (Wildman–Crippen MR) is 137 cm³/mol. The van der Waals surface area contributed by atoms with Crippen LogP contribution in [-0.2, 0) is 30.1 Å². The highest BCUT2D eigenvalue weighted by Gasteiger charge is 2.47. The third-order valence-electron chi connectivity index (χ3n) is 6.87. The van der Waals surface area contributed by atoms with E-state index in [4.69, 9.17) is 9.47 Å². The van der Waals surface area contributed by atoms with Crippen molar-refractivity contribution in [3.8, 4) is 5.75 Å². The van der Waals surface area contributed by atoms with E-state index in [2.05, 4.69) is 5.32 Å². The van der Waals surface area contributed by atoms with Gasteiger partial charge in [-0.3, -0.25) is 4.79 Å². The van der Waals surface area contributed by atoms with Crippen LogP contribution < -0.4 is 10.1 Å². The summed E-state index contributed by atoms with van der Waals surface area (Å²) in [6.07, 6.45) is -14.6. The van der Waals surface area contributed by atoms with Crippen molar-refractivity contribution < 1.29 is 54.9 Å². The zero-order valence-electron chi connectivity index (χ0n) is 22.4. The Kier molecular flexibility index (Phi) is 9.18. The zero-order valence-corrected chi connectivity index (χ0v) is 22.4. The van der Waals surface area contributed by atoms with E-state index in [0.29, 0.717) is 23.4 Å². The fourth-order valence-corrected chi connectivity index (χ4v) is 4.71. The molecule has 3 atom stereocenters. The molecule has 1 aliphatic rings. The minimum atomic E-state index is -5.19. The highest BCUT2D eigenvalue weighted by Crippen LogP contribution is 2.37. The normalized spacial score (nSPS) is 18.8. The van der Waals surface area contributed by atoms with Crippen molar-refractivity contribution in [2.45, 2.75) is 43.6 Å². The molecule has 4 rings (SSSR count). The predicted octanol–water partition coefficient (Wildman–Crippen LogP) is 5.59. The van der Waals surface area contributed by atoms with Gasteiger partial charge in [0.1, 0.15) is 17.7 Å². The van der Waals surface area contributed by atoms with Gasteiger partial charge in [-0.05, 0) is 48.4 Å². The lowest BCUT2D eigenvalue weighted by molar-refractivity contribution is -0.143. The number of hydrogen-bond donors (Lipinski definition) is 2. The number of β-amino-alcohol motifs (C(OH)–C–C–N with tert-alkyl or cyclic N) is 1. The number of aliphatic hydroxyl groups excluding tert-OH is 1. The molecular weight excluding hydrogens is 589 g/mol. The SMILES string of the molecule is COc1ccc(C[C@@H]2[C@H](OC(=O)NCc3ccccc3F)[C@@H](O)CN2C(=O)c2cc(C(F)(F)F)cc(C(F)(F)F)c2)cc1. The first kappa shape index (κ1) is 31.6. The van der Waals surface area contributed by atoms with Crippen LogP contribution in [0.5, 0.6) is 5.75 Å². The Balaban J connectivity index is 1.65. The van der Waals surface area contributed by atoms with Crippen LogP contribution >= 0.6 is 0 Å². The number of alkyl halides is 6. The molecule has 0 aliphatic carbocycles. The lowest BCUT2D eigenvalue weighted by Crippen LogP contribution is -2.44. The third kappa shape index (κ3) is 7.55. The third-order valence-corrected chi connectivity index (χ3v) is 6.87. The second-order valence-electron chi connectivity index (χ2n) is 9.75. The van der Waals surface area contributed by atoms with E-state index in [-0.39, 0.29) is 24.6 Å². The number of methoxy groups -OCH3 is 1. The largest absolute Gasteiger partial charge is 0.497 e. The lowest BCUT2D eigenvalue weighted by Gasteiger charge is -2.28. The van der Waals surface area contributed by atoms with Crippen molar-refractivity contribution in [1.29, 1.82) is 0 Å². The number of carbonyl (C=O) groups is 2. The number of likely N-dealkylation sites (tertiary alicyclic amines) is 1. The highest BCUT2D eigenvalue weighted by molar-refractivity contribution is 5.95. The number of halogens is 7. The van der Waals surface area contributed by atoms with Crippen molar-refractivity contribution in [2.24, 2.45) is 0 Å². The molecule has 7 nitrogen and oxygen atoms in total. The van der Waals surface area contributed by atoms with Gasteiger partial charge in [-0.2, -0.15) is 26.3 Å². The Bertz CT molecular complexity index is 1430. The molecule has 1 aliphatic heterocycles. The summed E-state index contributed by atoms with van der Waals surface area (Å²) < 4.78 is 105. The summed E-state index contributed by atoms with van der Waals surface area (Å²) in [4.78, 5) is 27.0. The average Bonchev–Trinajstić information content (AvgIpc) is 3.25. The van der Waals surface area contributed by atoms with Crippen LogP contribution in [-0.4, -0.2) is 53.9 Å². The molecule has 43 heavy (non-hydrogen) atoms. The van der Waals surface area contributed by atoms with Crippen LogP contribution in [0.25, 0.3) is 0 Å². The van der Waals surface area contributed by atoms with Crippen LogP contribution in [0.2, 0.25) is 0 Å². The number of aliphatic hydroxyl groups is 1. The summed E-state index contributed by atoms with van der Waals surface area (Å²) in [7, 11) is 1.43. The quantitative estimate of drug-likeness (QED) is 0.339. The van der Waals surface area contributed by atoms with E-state index >= 15 is 0 Å². The Morgan fingerprint density at radius 2 is 1.56 bits per heavy atom. The van der Waals surface area contributed by atoms with Gasteiger partial charge in [0.25, 0.3) is 5.91 Å². The molecule has 0 bridgehead atoms. The van der Waals surface area contributed by atoms with Gasteiger partial charge < -0.3 is 24.8 Å². The molecular formula is C29H25F7N2O5. The van der Waals surface area contributed by atoms with Gasteiger partial charge in [0.15, 0.2) is 6.10 Å². The molecule has 1 heterocycles. The van der Waals surface area contributed by atoms with Crippen molar-refractivity contribution in [3.63, 3.8) is 0 Å².